The van der Waals surface area contributed by atoms with Gasteiger partial charge < -0.3 is 14.2 Å². The quantitative estimate of drug-likeness (QED) is 0.118. The van der Waals surface area contributed by atoms with Crippen LogP contribution in [-0.2, 0) is 43.4 Å². The lowest BCUT2D eigenvalue weighted by molar-refractivity contribution is -0.341. The van der Waals surface area contributed by atoms with E-state index in [1.54, 1.807) is 0 Å². The van der Waals surface area contributed by atoms with Gasteiger partial charge >= 0.3 is 5.97 Å². The number of hydrogen-bond donors (Lipinski definition) is 0. The Bertz CT molecular complexity index is 1200. The van der Waals surface area contributed by atoms with Gasteiger partial charge in [-0.2, -0.15) is 0 Å². The lowest BCUT2D eigenvalue weighted by atomic mass is 9.78. The van der Waals surface area contributed by atoms with Crippen molar-refractivity contribution in [1.82, 2.24) is 0 Å². The highest BCUT2D eigenvalue weighted by Crippen LogP contribution is 2.35. The molecule has 0 N–H and O–H groups in total. The standard InChI is InChI=1S/C40H56O6/c1-3-5-28-7-11-30(12-8-28)23-32-15-17-34(18-16-32)25-44-46-37-27-43-38-36(26-42-39(37)38)45-40(41)35-21-19-33(20-22-35)24-31-13-9-29(6-4-2)10-14-31/h15-22,28-31,36-39H,3-14,23-27H2,1-2H3/t28?,29?,30?,31?,36?,37-,38+,39+/m0/s1. The van der Waals surface area contributed by atoms with Crippen LogP contribution in [0.15, 0.2) is 48.5 Å². The summed E-state index contributed by atoms with van der Waals surface area (Å²) in [7, 11) is 0. The van der Waals surface area contributed by atoms with Crippen LogP contribution in [0, 0.1) is 23.7 Å². The maximum atomic E-state index is 13.0. The summed E-state index contributed by atoms with van der Waals surface area (Å²) in [5.74, 6) is 3.12. The highest BCUT2D eigenvalue weighted by atomic mass is 17.2. The first-order valence-corrected chi connectivity index (χ1v) is 18.5. The highest BCUT2D eigenvalue weighted by molar-refractivity contribution is 5.89. The Kier molecular flexibility index (Phi) is 12.2. The van der Waals surface area contributed by atoms with Crippen LogP contribution in [0.5, 0.6) is 0 Å². The molecule has 2 heterocycles. The van der Waals surface area contributed by atoms with Crippen molar-refractivity contribution in [3.05, 3.63) is 70.8 Å². The van der Waals surface area contributed by atoms with Crippen LogP contribution in [0.4, 0.5) is 0 Å². The van der Waals surface area contributed by atoms with Gasteiger partial charge in [-0.1, -0.05) is 102 Å². The average Bonchev–Trinajstić information content (AvgIpc) is 3.67. The normalized spacial score (nSPS) is 31.1. The maximum Gasteiger partial charge on any atom is 0.338 e. The van der Waals surface area contributed by atoms with Gasteiger partial charge in [0.05, 0.1) is 18.8 Å². The second-order valence-electron chi connectivity index (χ2n) is 14.7. The molecule has 46 heavy (non-hydrogen) atoms. The molecule has 2 aromatic rings. The molecule has 1 unspecified atom stereocenters. The van der Waals surface area contributed by atoms with Crippen molar-refractivity contribution in [3.8, 4) is 0 Å². The van der Waals surface area contributed by atoms with Crippen LogP contribution < -0.4 is 0 Å². The van der Waals surface area contributed by atoms with Crippen molar-refractivity contribution in [2.45, 2.75) is 135 Å². The Hall–Kier alpha value is -2.25. The first kappa shape index (κ1) is 33.6. The molecule has 2 saturated heterocycles. The SMILES string of the molecule is CCCC1CCC(Cc2ccc(COO[C@H]3CO[C@@H]4C(OC(=O)c5ccc(CC6CCC(CCC)CC6)cc5)CO[C@H]34)cc2)CC1. The van der Waals surface area contributed by atoms with Crippen LogP contribution in [-0.4, -0.2) is 43.6 Å². The molecule has 0 radical (unpaired) electrons. The molecular weight excluding hydrogens is 576 g/mol. The smallest absolute Gasteiger partial charge is 0.338 e. The number of rotatable bonds is 14. The maximum absolute atomic E-state index is 13.0. The fourth-order valence-corrected chi connectivity index (χ4v) is 8.49. The van der Waals surface area contributed by atoms with Crippen LogP contribution in [0.1, 0.15) is 118 Å². The Morgan fingerprint density at radius 3 is 1.63 bits per heavy atom. The van der Waals surface area contributed by atoms with E-state index in [0.29, 0.717) is 25.4 Å². The fourth-order valence-electron chi connectivity index (χ4n) is 8.49. The number of benzene rings is 2. The van der Waals surface area contributed by atoms with Crippen LogP contribution in [0.25, 0.3) is 0 Å². The highest BCUT2D eigenvalue weighted by Gasteiger charge is 2.50. The number of carbonyl (C=O) groups excluding carboxylic acids is 1. The Labute approximate surface area is 276 Å². The van der Waals surface area contributed by atoms with E-state index in [9.17, 15) is 4.79 Å². The van der Waals surface area contributed by atoms with Gasteiger partial charge in [-0.25, -0.2) is 14.6 Å². The molecule has 2 aromatic carbocycles. The average molecular weight is 633 g/mol. The summed E-state index contributed by atoms with van der Waals surface area (Å²) in [4.78, 5) is 24.4. The van der Waals surface area contributed by atoms with E-state index in [0.717, 1.165) is 35.7 Å². The molecule has 6 rings (SSSR count). The van der Waals surface area contributed by atoms with Crippen molar-refractivity contribution >= 4 is 5.97 Å². The Balaban J connectivity index is 0.890. The molecule has 0 aromatic heterocycles. The third-order valence-corrected chi connectivity index (χ3v) is 11.2. The van der Waals surface area contributed by atoms with E-state index in [-0.39, 0.29) is 24.3 Å². The second-order valence-corrected chi connectivity index (χ2v) is 14.7. The van der Waals surface area contributed by atoms with Crippen molar-refractivity contribution in [1.29, 1.82) is 0 Å². The lowest BCUT2D eigenvalue weighted by Gasteiger charge is -2.28. The van der Waals surface area contributed by atoms with E-state index in [1.807, 2.05) is 12.1 Å². The summed E-state index contributed by atoms with van der Waals surface area (Å²) >= 11 is 0. The van der Waals surface area contributed by atoms with E-state index >= 15 is 0 Å². The predicted octanol–water partition coefficient (Wildman–Crippen LogP) is 8.82. The number of ether oxygens (including phenoxy) is 3. The van der Waals surface area contributed by atoms with Crippen LogP contribution in [0.3, 0.4) is 0 Å². The van der Waals surface area contributed by atoms with Gasteiger partial charge in [0.2, 0.25) is 0 Å². The lowest BCUT2D eigenvalue weighted by Crippen LogP contribution is -2.35. The molecule has 2 aliphatic carbocycles. The molecular formula is C40H56O6. The second kappa shape index (κ2) is 16.7. The fraction of sp³-hybridized carbons (Fsp3) is 0.675. The van der Waals surface area contributed by atoms with Gasteiger partial charge in [0.25, 0.3) is 0 Å². The Morgan fingerprint density at radius 1 is 0.630 bits per heavy atom. The molecule has 2 saturated carbocycles. The zero-order chi connectivity index (χ0) is 31.7. The van der Waals surface area contributed by atoms with Crippen molar-refractivity contribution in [2.24, 2.45) is 23.7 Å². The van der Waals surface area contributed by atoms with Gasteiger partial charge in [-0.05, 0) is 91.0 Å². The topological polar surface area (TPSA) is 63.2 Å². The summed E-state index contributed by atoms with van der Waals surface area (Å²) < 4.78 is 17.8. The zero-order valence-electron chi connectivity index (χ0n) is 28.2. The number of fused-ring (bicyclic) bond motifs is 1. The summed E-state index contributed by atoms with van der Waals surface area (Å²) in [5, 5.41) is 0. The van der Waals surface area contributed by atoms with Crippen molar-refractivity contribution in [2.75, 3.05) is 13.2 Å². The van der Waals surface area contributed by atoms with Gasteiger partial charge in [-0.3, -0.25) is 0 Å². The van der Waals surface area contributed by atoms with Crippen molar-refractivity contribution in [3.63, 3.8) is 0 Å². The molecule has 6 nitrogen and oxygen atoms in total. The largest absolute Gasteiger partial charge is 0.453 e. The van der Waals surface area contributed by atoms with Gasteiger partial charge in [-0.15, -0.1) is 0 Å². The Morgan fingerprint density at radius 2 is 1.09 bits per heavy atom. The molecule has 0 bridgehead atoms. The summed E-state index contributed by atoms with van der Waals surface area (Å²) in [6.45, 7) is 5.60. The van der Waals surface area contributed by atoms with E-state index in [1.165, 1.54) is 94.6 Å². The molecule has 4 atom stereocenters. The molecule has 4 aliphatic rings. The van der Waals surface area contributed by atoms with E-state index in [4.69, 9.17) is 24.0 Å². The molecule has 2 aliphatic heterocycles. The predicted molar refractivity (Wildman–Crippen MR) is 179 cm³/mol. The van der Waals surface area contributed by atoms with Crippen LogP contribution >= 0.6 is 0 Å². The third-order valence-electron chi connectivity index (χ3n) is 11.2. The molecule has 252 valence electrons. The first-order valence-electron chi connectivity index (χ1n) is 18.5. The van der Waals surface area contributed by atoms with Crippen molar-refractivity contribution < 1.29 is 28.8 Å². The summed E-state index contributed by atoms with van der Waals surface area (Å²) in [5.41, 5.74) is 4.36. The third kappa shape index (κ3) is 9.00. The summed E-state index contributed by atoms with van der Waals surface area (Å²) in [6.07, 6.45) is 17.1. The molecule has 6 heteroatoms. The number of hydrogen-bond acceptors (Lipinski definition) is 6. The number of carbonyl (C=O) groups is 1. The van der Waals surface area contributed by atoms with Crippen LogP contribution in [0.2, 0.25) is 0 Å². The monoisotopic (exact) mass is 632 g/mol. The van der Waals surface area contributed by atoms with Gasteiger partial charge in [0.15, 0.2) is 6.10 Å². The zero-order valence-corrected chi connectivity index (χ0v) is 28.2. The van der Waals surface area contributed by atoms with Gasteiger partial charge in [0.1, 0.15) is 24.9 Å². The number of esters is 1. The van der Waals surface area contributed by atoms with Gasteiger partial charge in [0, 0.05) is 0 Å². The first-order chi connectivity index (χ1) is 22.6. The molecule has 4 fully saturated rings. The van der Waals surface area contributed by atoms with E-state index < -0.39 is 6.10 Å². The summed E-state index contributed by atoms with van der Waals surface area (Å²) in [6, 6.07) is 16.7. The van der Waals surface area contributed by atoms with E-state index in [2.05, 4.69) is 50.2 Å². The molecule has 0 spiro atoms. The minimum atomic E-state index is -0.460. The molecule has 0 amide bonds. The minimum absolute atomic E-state index is 0.293. The minimum Gasteiger partial charge on any atom is -0.453 e.